The average molecular weight is 375 g/mol. The van der Waals surface area contributed by atoms with Gasteiger partial charge in [-0.3, -0.25) is 5.43 Å². The molecule has 5 heteroatoms. The molecule has 3 aromatic carbocycles. The SMILES string of the molecule is C=CCNC(=S)N/N=C/c1ccc(OCc2cccc3ccccc23)cc1. The van der Waals surface area contributed by atoms with Gasteiger partial charge in [-0.2, -0.15) is 5.10 Å². The molecule has 0 aromatic heterocycles. The molecular weight excluding hydrogens is 354 g/mol. The van der Waals surface area contributed by atoms with Gasteiger partial charge in [-0.15, -0.1) is 6.58 Å². The number of hydrazone groups is 1. The molecule has 0 aliphatic heterocycles. The van der Waals surface area contributed by atoms with Gasteiger partial charge in [-0.05, 0) is 58.4 Å². The predicted octanol–water partition coefficient (Wildman–Crippen LogP) is 4.40. The highest BCUT2D eigenvalue weighted by Crippen LogP contribution is 2.20. The molecule has 0 saturated heterocycles. The number of benzene rings is 3. The lowest BCUT2D eigenvalue weighted by Gasteiger charge is -2.09. The van der Waals surface area contributed by atoms with Crippen LogP contribution in [0.4, 0.5) is 0 Å². The van der Waals surface area contributed by atoms with E-state index in [1.54, 1.807) is 12.3 Å². The van der Waals surface area contributed by atoms with Crippen LogP contribution in [0.3, 0.4) is 0 Å². The molecule has 0 aliphatic rings. The van der Waals surface area contributed by atoms with Crippen molar-refractivity contribution >= 4 is 34.3 Å². The Morgan fingerprint density at radius 1 is 1.04 bits per heavy atom. The van der Waals surface area contributed by atoms with E-state index in [0.29, 0.717) is 18.3 Å². The van der Waals surface area contributed by atoms with Crippen molar-refractivity contribution in [2.75, 3.05) is 6.54 Å². The molecule has 2 N–H and O–H groups in total. The summed E-state index contributed by atoms with van der Waals surface area (Å²) in [6, 6.07) is 22.3. The van der Waals surface area contributed by atoms with Crippen molar-refractivity contribution in [2.45, 2.75) is 6.61 Å². The Kier molecular flexibility index (Phi) is 6.55. The van der Waals surface area contributed by atoms with E-state index in [0.717, 1.165) is 11.3 Å². The maximum atomic E-state index is 5.94. The Bertz CT molecular complexity index is 946. The van der Waals surface area contributed by atoms with Crippen LogP contribution in [0.25, 0.3) is 10.8 Å². The Labute approximate surface area is 164 Å². The van der Waals surface area contributed by atoms with E-state index in [1.807, 2.05) is 36.4 Å². The van der Waals surface area contributed by atoms with Gasteiger partial charge in [0.15, 0.2) is 5.11 Å². The standard InChI is InChI=1S/C22H21N3OS/c1-2-14-23-22(27)25-24-15-17-10-12-20(13-11-17)26-16-19-8-5-7-18-6-3-4-9-21(18)19/h2-13,15H,1,14,16H2,(H2,23,25,27)/b24-15+. The number of thiocarbonyl (C=S) groups is 1. The van der Waals surface area contributed by atoms with Gasteiger partial charge in [0.25, 0.3) is 0 Å². The lowest BCUT2D eigenvalue weighted by atomic mass is 10.1. The largest absolute Gasteiger partial charge is 0.489 e. The summed E-state index contributed by atoms with van der Waals surface area (Å²) >= 11 is 5.07. The Balaban J connectivity index is 1.56. The lowest BCUT2D eigenvalue weighted by molar-refractivity contribution is 0.307. The summed E-state index contributed by atoms with van der Waals surface area (Å²) in [5.74, 6) is 0.816. The molecule has 0 aliphatic carbocycles. The highest BCUT2D eigenvalue weighted by atomic mass is 32.1. The highest BCUT2D eigenvalue weighted by molar-refractivity contribution is 7.80. The third-order valence-corrected chi connectivity index (χ3v) is 4.18. The predicted molar refractivity (Wildman–Crippen MR) is 116 cm³/mol. The van der Waals surface area contributed by atoms with Crippen molar-refractivity contribution in [2.24, 2.45) is 5.10 Å². The Morgan fingerprint density at radius 2 is 1.81 bits per heavy atom. The smallest absolute Gasteiger partial charge is 0.187 e. The van der Waals surface area contributed by atoms with Crippen molar-refractivity contribution in [3.05, 3.63) is 90.5 Å². The molecule has 0 amide bonds. The summed E-state index contributed by atoms with van der Waals surface area (Å²) in [5.41, 5.74) is 4.88. The fraction of sp³-hybridized carbons (Fsp3) is 0.0909. The lowest BCUT2D eigenvalue weighted by Crippen LogP contribution is -2.31. The second kappa shape index (κ2) is 9.50. The first-order valence-electron chi connectivity index (χ1n) is 8.63. The third-order valence-electron chi connectivity index (χ3n) is 3.94. The Morgan fingerprint density at radius 3 is 2.63 bits per heavy atom. The average Bonchev–Trinajstić information content (AvgIpc) is 2.71. The second-order valence-corrected chi connectivity index (χ2v) is 6.27. The molecule has 0 radical (unpaired) electrons. The Hall–Kier alpha value is -3.18. The summed E-state index contributed by atoms with van der Waals surface area (Å²) in [4.78, 5) is 0. The first kappa shape index (κ1) is 18.6. The molecular formula is C22H21N3OS. The van der Waals surface area contributed by atoms with Gasteiger partial charge >= 0.3 is 0 Å². The van der Waals surface area contributed by atoms with Crippen LogP contribution in [-0.4, -0.2) is 17.9 Å². The molecule has 0 fully saturated rings. The minimum atomic E-state index is 0.459. The van der Waals surface area contributed by atoms with E-state index in [-0.39, 0.29) is 0 Å². The molecule has 0 saturated carbocycles. The second-order valence-electron chi connectivity index (χ2n) is 5.86. The van der Waals surface area contributed by atoms with Crippen molar-refractivity contribution < 1.29 is 4.74 Å². The van der Waals surface area contributed by atoms with Crippen molar-refractivity contribution in [1.29, 1.82) is 0 Å². The van der Waals surface area contributed by atoms with E-state index in [4.69, 9.17) is 17.0 Å². The number of nitrogens with zero attached hydrogens (tertiary/aromatic N) is 1. The number of fused-ring (bicyclic) bond motifs is 1. The number of hydrogen-bond donors (Lipinski definition) is 2. The molecule has 0 spiro atoms. The first-order chi connectivity index (χ1) is 13.3. The van der Waals surface area contributed by atoms with E-state index >= 15 is 0 Å². The van der Waals surface area contributed by atoms with E-state index in [9.17, 15) is 0 Å². The summed E-state index contributed by atoms with van der Waals surface area (Å²) < 4.78 is 5.94. The topological polar surface area (TPSA) is 45.7 Å². The zero-order valence-corrected chi connectivity index (χ0v) is 15.7. The van der Waals surface area contributed by atoms with Gasteiger partial charge < -0.3 is 10.1 Å². The zero-order valence-electron chi connectivity index (χ0n) is 14.9. The molecule has 0 unspecified atom stereocenters. The van der Waals surface area contributed by atoms with Gasteiger partial charge in [0.05, 0.1) is 6.21 Å². The van der Waals surface area contributed by atoms with E-state index in [2.05, 4.69) is 52.8 Å². The fourth-order valence-electron chi connectivity index (χ4n) is 2.60. The van der Waals surface area contributed by atoms with Crippen LogP contribution >= 0.6 is 12.2 Å². The third kappa shape index (κ3) is 5.39. The molecule has 4 nitrogen and oxygen atoms in total. The van der Waals surface area contributed by atoms with Gasteiger partial charge in [-0.1, -0.05) is 48.5 Å². The normalized spacial score (nSPS) is 10.7. The highest BCUT2D eigenvalue weighted by Gasteiger charge is 2.01. The quantitative estimate of drug-likeness (QED) is 0.278. The first-order valence-corrected chi connectivity index (χ1v) is 9.04. The van der Waals surface area contributed by atoms with Crippen molar-refractivity contribution in [3.63, 3.8) is 0 Å². The molecule has 0 atom stereocenters. The fourth-order valence-corrected chi connectivity index (χ4v) is 2.74. The van der Waals surface area contributed by atoms with Gasteiger partial charge in [0, 0.05) is 6.54 Å². The monoisotopic (exact) mass is 375 g/mol. The molecule has 27 heavy (non-hydrogen) atoms. The summed E-state index contributed by atoms with van der Waals surface area (Å²) in [7, 11) is 0. The van der Waals surface area contributed by atoms with Crippen LogP contribution in [0.1, 0.15) is 11.1 Å². The van der Waals surface area contributed by atoms with Gasteiger partial charge in [-0.25, -0.2) is 0 Å². The van der Waals surface area contributed by atoms with Crippen LogP contribution in [0.15, 0.2) is 84.5 Å². The number of ether oxygens (including phenoxy) is 1. The number of hydrogen-bond acceptors (Lipinski definition) is 3. The summed E-state index contributed by atoms with van der Waals surface area (Å²) in [5, 5.41) is 9.94. The zero-order chi connectivity index (χ0) is 18.9. The van der Waals surface area contributed by atoms with Crippen LogP contribution in [0.5, 0.6) is 5.75 Å². The maximum absolute atomic E-state index is 5.94. The van der Waals surface area contributed by atoms with Crippen molar-refractivity contribution in [3.8, 4) is 5.75 Å². The van der Waals surface area contributed by atoms with Crippen LogP contribution in [-0.2, 0) is 6.61 Å². The van der Waals surface area contributed by atoms with Crippen LogP contribution < -0.4 is 15.5 Å². The minimum absolute atomic E-state index is 0.459. The van der Waals surface area contributed by atoms with Crippen LogP contribution in [0.2, 0.25) is 0 Å². The summed E-state index contributed by atoms with van der Waals surface area (Å²) in [6.45, 7) is 4.75. The van der Waals surface area contributed by atoms with E-state index < -0.39 is 0 Å². The molecule has 136 valence electrons. The summed E-state index contributed by atoms with van der Waals surface area (Å²) in [6.07, 6.45) is 3.44. The molecule has 3 rings (SSSR count). The van der Waals surface area contributed by atoms with Gasteiger partial charge in [0.2, 0.25) is 0 Å². The molecule has 3 aromatic rings. The molecule has 0 heterocycles. The minimum Gasteiger partial charge on any atom is -0.489 e. The number of rotatable bonds is 7. The molecule has 0 bridgehead atoms. The van der Waals surface area contributed by atoms with E-state index in [1.165, 1.54) is 16.3 Å². The van der Waals surface area contributed by atoms with Crippen molar-refractivity contribution in [1.82, 2.24) is 10.7 Å². The van der Waals surface area contributed by atoms with Crippen LogP contribution in [0, 0.1) is 0 Å². The number of nitrogens with one attached hydrogen (secondary N) is 2. The van der Waals surface area contributed by atoms with Gasteiger partial charge in [0.1, 0.15) is 12.4 Å². The maximum Gasteiger partial charge on any atom is 0.187 e.